The molecule has 84 valence electrons. The lowest BCUT2D eigenvalue weighted by Crippen LogP contribution is -2.60. The van der Waals surface area contributed by atoms with Crippen LogP contribution in [-0.2, 0) is 9.53 Å². The average Bonchev–Trinajstić information content (AvgIpc) is 2.82. The average molecular weight is 216 g/mol. The minimum atomic E-state index is -0.0162. The molecule has 0 aromatic rings. The molecule has 7 atom stereocenters. The summed E-state index contributed by atoms with van der Waals surface area (Å²) in [7, 11) is 0. The summed E-state index contributed by atoms with van der Waals surface area (Å²) in [5.74, 6) is 3.45. The fraction of sp³-hybridized carbons (Fsp3) is 0.786. The highest BCUT2D eigenvalue weighted by Gasteiger charge is 2.82. The topological polar surface area (TPSA) is 26.3 Å². The van der Waals surface area contributed by atoms with Crippen LogP contribution in [-0.4, -0.2) is 12.1 Å². The Bertz CT molecular complexity index is 440. The number of fused-ring (bicyclic) bond motifs is 4. The Morgan fingerprint density at radius 1 is 1.31 bits per heavy atom. The lowest BCUT2D eigenvalue weighted by Gasteiger charge is -2.56. The van der Waals surface area contributed by atoms with E-state index >= 15 is 0 Å². The Morgan fingerprint density at radius 2 is 2.19 bits per heavy atom. The van der Waals surface area contributed by atoms with Crippen molar-refractivity contribution in [3.05, 3.63) is 12.2 Å². The minimum absolute atomic E-state index is 0.0162. The second kappa shape index (κ2) is 2.12. The number of esters is 1. The van der Waals surface area contributed by atoms with E-state index in [2.05, 4.69) is 6.58 Å². The molecule has 2 nitrogen and oxygen atoms in total. The number of carbonyl (C=O) groups excluding carboxylic acids is 1. The van der Waals surface area contributed by atoms with Gasteiger partial charge in [-0.1, -0.05) is 12.2 Å². The Balaban J connectivity index is 1.73. The first-order chi connectivity index (χ1) is 7.74. The van der Waals surface area contributed by atoms with Crippen molar-refractivity contribution >= 4 is 5.97 Å². The molecule has 1 saturated heterocycles. The molecule has 5 rings (SSSR count). The molecule has 16 heavy (non-hydrogen) atoms. The predicted octanol–water partition coefficient (Wildman–Crippen LogP) is 2.15. The molecule has 0 amide bonds. The summed E-state index contributed by atoms with van der Waals surface area (Å²) in [4.78, 5) is 12.3. The maximum Gasteiger partial charge on any atom is 0.313 e. The molecule has 1 aliphatic heterocycles. The van der Waals surface area contributed by atoms with Gasteiger partial charge in [0.25, 0.3) is 0 Å². The summed E-state index contributed by atoms with van der Waals surface area (Å²) >= 11 is 0. The van der Waals surface area contributed by atoms with E-state index in [0.717, 1.165) is 18.8 Å². The Hall–Kier alpha value is -0.790. The van der Waals surface area contributed by atoms with Gasteiger partial charge in [0.2, 0.25) is 0 Å². The van der Waals surface area contributed by atoms with Gasteiger partial charge >= 0.3 is 5.97 Å². The van der Waals surface area contributed by atoms with Crippen molar-refractivity contribution in [1.29, 1.82) is 0 Å². The van der Waals surface area contributed by atoms with Crippen molar-refractivity contribution in [3.8, 4) is 0 Å². The highest BCUT2D eigenvalue weighted by atomic mass is 16.6. The number of rotatable bonds is 0. The van der Waals surface area contributed by atoms with Gasteiger partial charge in [-0.15, -0.1) is 0 Å². The van der Waals surface area contributed by atoms with Crippen molar-refractivity contribution < 1.29 is 9.53 Å². The summed E-state index contributed by atoms with van der Waals surface area (Å²) in [6, 6.07) is 0. The van der Waals surface area contributed by atoms with E-state index < -0.39 is 0 Å². The monoisotopic (exact) mass is 216 g/mol. The third-order valence-corrected chi connectivity index (χ3v) is 6.51. The molecule has 1 heterocycles. The van der Waals surface area contributed by atoms with Gasteiger partial charge in [-0.05, 0) is 49.4 Å². The highest BCUT2D eigenvalue weighted by Crippen LogP contribution is 2.80. The van der Waals surface area contributed by atoms with E-state index in [1.807, 2.05) is 0 Å². The summed E-state index contributed by atoms with van der Waals surface area (Å²) in [5, 5.41) is 0. The molecule has 0 radical (unpaired) electrons. The maximum absolute atomic E-state index is 12.3. The number of hydrogen-bond donors (Lipinski definition) is 0. The number of carbonyl (C=O) groups is 1. The molecule has 0 unspecified atom stereocenters. The van der Waals surface area contributed by atoms with Crippen LogP contribution in [0.25, 0.3) is 0 Å². The second-order valence-corrected chi connectivity index (χ2v) is 6.57. The van der Waals surface area contributed by atoms with E-state index in [9.17, 15) is 4.79 Å². The first kappa shape index (κ1) is 8.32. The molecule has 1 spiro atoms. The molecular formula is C14H16O2. The number of ether oxygens (including phenoxy) is 1. The lowest BCUT2D eigenvalue weighted by molar-refractivity contribution is -0.168. The molecule has 2 bridgehead atoms. The van der Waals surface area contributed by atoms with Gasteiger partial charge in [-0.3, -0.25) is 4.79 Å². The van der Waals surface area contributed by atoms with Crippen LogP contribution < -0.4 is 0 Å². The van der Waals surface area contributed by atoms with Crippen LogP contribution in [0.15, 0.2) is 12.2 Å². The van der Waals surface area contributed by atoms with E-state index in [1.54, 1.807) is 0 Å². The zero-order chi connectivity index (χ0) is 10.7. The fourth-order valence-corrected chi connectivity index (χ4v) is 6.28. The second-order valence-electron chi connectivity index (χ2n) is 6.57. The first-order valence-electron chi connectivity index (χ1n) is 6.63. The van der Waals surface area contributed by atoms with Gasteiger partial charge < -0.3 is 4.74 Å². The maximum atomic E-state index is 12.3. The van der Waals surface area contributed by atoms with Crippen LogP contribution in [0.5, 0.6) is 0 Å². The normalized spacial score (nSPS) is 64.2. The van der Waals surface area contributed by atoms with Crippen LogP contribution in [0.3, 0.4) is 0 Å². The van der Waals surface area contributed by atoms with Crippen LogP contribution in [0.2, 0.25) is 0 Å². The van der Waals surface area contributed by atoms with Crippen molar-refractivity contribution in [2.75, 3.05) is 0 Å². The quantitative estimate of drug-likeness (QED) is 0.458. The molecule has 2 heteroatoms. The number of hydrogen-bond acceptors (Lipinski definition) is 2. The smallest absolute Gasteiger partial charge is 0.313 e. The van der Waals surface area contributed by atoms with Crippen molar-refractivity contribution in [2.24, 2.45) is 35.0 Å². The zero-order valence-electron chi connectivity index (χ0n) is 9.32. The van der Waals surface area contributed by atoms with Gasteiger partial charge in [0.15, 0.2) is 0 Å². The van der Waals surface area contributed by atoms with Crippen LogP contribution in [0.4, 0.5) is 0 Å². The summed E-state index contributed by atoms with van der Waals surface area (Å²) in [6.45, 7) is 4.23. The third kappa shape index (κ3) is 0.543. The molecule has 5 fully saturated rings. The van der Waals surface area contributed by atoms with Crippen LogP contribution in [0.1, 0.15) is 25.7 Å². The number of allylic oxidation sites excluding steroid dienone is 1. The van der Waals surface area contributed by atoms with Crippen molar-refractivity contribution in [3.63, 3.8) is 0 Å². The fourth-order valence-electron chi connectivity index (χ4n) is 6.28. The third-order valence-electron chi connectivity index (χ3n) is 6.51. The van der Waals surface area contributed by atoms with E-state index in [-0.39, 0.29) is 11.4 Å². The molecule has 5 aliphatic rings. The largest absolute Gasteiger partial charge is 0.462 e. The lowest BCUT2D eigenvalue weighted by atomic mass is 9.43. The Labute approximate surface area is 95.0 Å². The Kier molecular flexibility index (Phi) is 1.10. The van der Waals surface area contributed by atoms with Gasteiger partial charge in [-0.25, -0.2) is 0 Å². The molecule has 0 aromatic carbocycles. The first-order valence-corrected chi connectivity index (χ1v) is 6.63. The Morgan fingerprint density at radius 3 is 3.06 bits per heavy atom. The summed E-state index contributed by atoms with van der Waals surface area (Å²) < 4.78 is 5.64. The standard InChI is InChI=1S/C14H16O2/c1-6-2-3-8-11(6)12-7-4-9-10(5-7)16-13(15)14(8,9)12/h7-12H,1-5H2/t7-,8+,9+,10-,11-,12+,14-/m1/s1. The zero-order valence-corrected chi connectivity index (χ0v) is 9.32. The SMILES string of the molecule is C=C1CC[C@H]2[C@@H]1[C@@H]1[C@H]3C[C@H]4OC(=O)[C@]12[C@H]4C3. The minimum Gasteiger partial charge on any atom is -0.462 e. The van der Waals surface area contributed by atoms with Gasteiger partial charge in [0.1, 0.15) is 6.10 Å². The highest BCUT2D eigenvalue weighted by molar-refractivity contribution is 5.84. The summed E-state index contributed by atoms with van der Waals surface area (Å²) in [5.41, 5.74) is 1.42. The molecular weight excluding hydrogens is 200 g/mol. The van der Waals surface area contributed by atoms with Crippen molar-refractivity contribution in [1.82, 2.24) is 0 Å². The van der Waals surface area contributed by atoms with Crippen LogP contribution >= 0.6 is 0 Å². The summed E-state index contributed by atoms with van der Waals surface area (Å²) in [6.07, 6.45) is 5.07. The van der Waals surface area contributed by atoms with Gasteiger partial charge in [0.05, 0.1) is 5.41 Å². The van der Waals surface area contributed by atoms with Crippen molar-refractivity contribution in [2.45, 2.75) is 31.8 Å². The molecule has 4 saturated carbocycles. The molecule has 4 aliphatic carbocycles. The van der Waals surface area contributed by atoms with E-state index in [4.69, 9.17) is 4.74 Å². The van der Waals surface area contributed by atoms with E-state index in [0.29, 0.717) is 29.8 Å². The van der Waals surface area contributed by atoms with E-state index in [1.165, 1.54) is 18.4 Å². The van der Waals surface area contributed by atoms with Crippen LogP contribution in [0, 0.1) is 35.0 Å². The predicted molar refractivity (Wildman–Crippen MR) is 57.4 cm³/mol. The van der Waals surface area contributed by atoms with Gasteiger partial charge in [0, 0.05) is 5.92 Å². The molecule has 0 aromatic heterocycles. The molecule has 0 N–H and O–H groups in total. The van der Waals surface area contributed by atoms with Gasteiger partial charge in [-0.2, -0.15) is 0 Å².